The van der Waals surface area contributed by atoms with Gasteiger partial charge in [-0.15, -0.1) is 0 Å². The first-order valence-corrected chi connectivity index (χ1v) is 10.4. The van der Waals surface area contributed by atoms with Crippen molar-refractivity contribution in [1.82, 2.24) is 18.8 Å². The van der Waals surface area contributed by atoms with Gasteiger partial charge in [0.25, 0.3) is 5.91 Å². The normalized spacial score (nSPS) is 11.9. The Hall–Kier alpha value is -2.71. The largest absolute Gasteiger partial charge is 0.345 e. The number of sulfonamides is 1. The predicted molar refractivity (Wildman–Crippen MR) is 109 cm³/mol. The van der Waals surface area contributed by atoms with Crippen molar-refractivity contribution >= 4 is 27.0 Å². The molecule has 8 heteroatoms. The summed E-state index contributed by atoms with van der Waals surface area (Å²) in [5.74, 6) is 0.534. The van der Waals surface area contributed by atoms with Gasteiger partial charge in [0.1, 0.15) is 5.82 Å². The fourth-order valence-corrected chi connectivity index (χ4v) is 4.25. The Morgan fingerprint density at radius 3 is 2.36 bits per heavy atom. The van der Waals surface area contributed by atoms with Crippen LogP contribution in [0.15, 0.2) is 53.4 Å². The summed E-state index contributed by atoms with van der Waals surface area (Å²) in [5.41, 5.74) is 2.10. The van der Waals surface area contributed by atoms with Crippen LogP contribution in [-0.4, -0.2) is 54.2 Å². The second-order valence-electron chi connectivity index (χ2n) is 6.75. The second-order valence-corrected chi connectivity index (χ2v) is 8.79. The summed E-state index contributed by atoms with van der Waals surface area (Å²) in [6.07, 6.45) is 0. The van der Waals surface area contributed by atoms with E-state index in [-0.39, 0.29) is 17.3 Å². The SMILES string of the molecule is CCn1c(CN(C)S(=O)(=O)c2ccccc2)nc2cc(C(=O)N(C)C)ccc21. The molecule has 3 aromatic rings. The first-order valence-electron chi connectivity index (χ1n) is 8.98. The topological polar surface area (TPSA) is 75.5 Å². The third-order valence-electron chi connectivity index (χ3n) is 4.61. The summed E-state index contributed by atoms with van der Waals surface area (Å²) in [6.45, 7) is 2.76. The number of rotatable bonds is 6. The van der Waals surface area contributed by atoms with Gasteiger partial charge in [-0.3, -0.25) is 4.79 Å². The number of amides is 1. The predicted octanol–water partition coefficient (Wildman–Crippen LogP) is 2.58. The van der Waals surface area contributed by atoms with Crippen LogP contribution in [0.25, 0.3) is 11.0 Å². The standard InChI is InChI=1S/C20H24N4O3S/c1-5-24-18-12-11-15(20(25)22(2)3)13-17(18)21-19(24)14-23(4)28(26,27)16-9-7-6-8-10-16/h6-13H,5,14H2,1-4H3. The third kappa shape index (κ3) is 3.65. The zero-order chi connectivity index (χ0) is 20.5. The highest BCUT2D eigenvalue weighted by atomic mass is 32.2. The molecule has 0 saturated carbocycles. The molecule has 0 aliphatic carbocycles. The molecule has 0 saturated heterocycles. The van der Waals surface area contributed by atoms with Gasteiger partial charge in [0.2, 0.25) is 10.0 Å². The number of hydrogen-bond acceptors (Lipinski definition) is 4. The Balaban J connectivity index is 1.97. The highest BCUT2D eigenvalue weighted by Crippen LogP contribution is 2.22. The molecule has 0 aliphatic heterocycles. The molecule has 2 aromatic carbocycles. The number of aromatic nitrogens is 2. The van der Waals surface area contributed by atoms with Crippen LogP contribution in [0.5, 0.6) is 0 Å². The third-order valence-corrected chi connectivity index (χ3v) is 6.43. The lowest BCUT2D eigenvalue weighted by Gasteiger charge is -2.17. The summed E-state index contributed by atoms with van der Waals surface area (Å²) in [4.78, 5) is 18.6. The molecule has 28 heavy (non-hydrogen) atoms. The van der Waals surface area contributed by atoms with Gasteiger partial charge in [-0.05, 0) is 37.3 Å². The lowest BCUT2D eigenvalue weighted by molar-refractivity contribution is 0.0827. The minimum atomic E-state index is -3.61. The molecule has 1 aromatic heterocycles. The summed E-state index contributed by atoms with van der Waals surface area (Å²) >= 11 is 0. The summed E-state index contributed by atoms with van der Waals surface area (Å²) in [5, 5.41) is 0. The summed E-state index contributed by atoms with van der Waals surface area (Å²) < 4.78 is 28.9. The fraction of sp³-hybridized carbons (Fsp3) is 0.300. The second kappa shape index (κ2) is 7.73. The number of nitrogens with zero attached hydrogens (tertiary/aromatic N) is 4. The fourth-order valence-electron chi connectivity index (χ4n) is 3.10. The maximum Gasteiger partial charge on any atom is 0.253 e. The molecular formula is C20H24N4O3S. The van der Waals surface area contributed by atoms with E-state index in [1.165, 1.54) is 9.21 Å². The van der Waals surface area contributed by atoms with Gasteiger partial charge >= 0.3 is 0 Å². The highest BCUT2D eigenvalue weighted by molar-refractivity contribution is 7.89. The molecule has 7 nitrogen and oxygen atoms in total. The molecular weight excluding hydrogens is 376 g/mol. The highest BCUT2D eigenvalue weighted by Gasteiger charge is 2.23. The first kappa shape index (κ1) is 20.0. The zero-order valence-corrected chi connectivity index (χ0v) is 17.3. The van der Waals surface area contributed by atoms with Crippen molar-refractivity contribution < 1.29 is 13.2 Å². The Morgan fingerprint density at radius 2 is 1.75 bits per heavy atom. The van der Waals surface area contributed by atoms with Gasteiger partial charge in [0, 0.05) is 33.3 Å². The van der Waals surface area contributed by atoms with Crippen molar-refractivity contribution in [3.05, 3.63) is 59.9 Å². The van der Waals surface area contributed by atoms with E-state index in [9.17, 15) is 13.2 Å². The van der Waals surface area contributed by atoms with E-state index < -0.39 is 10.0 Å². The first-order chi connectivity index (χ1) is 13.3. The Labute approximate surface area is 165 Å². The molecule has 3 rings (SSSR count). The van der Waals surface area contributed by atoms with Crippen molar-refractivity contribution in [3.63, 3.8) is 0 Å². The summed E-state index contributed by atoms with van der Waals surface area (Å²) in [7, 11) is 1.33. The van der Waals surface area contributed by atoms with E-state index in [1.54, 1.807) is 63.6 Å². The zero-order valence-electron chi connectivity index (χ0n) is 16.5. The molecule has 1 amide bonds. The van der Waals surface area contributed by atoms with E-state index in [4.69, 9.17) is 0 Å². The van der Waals surface area contributed by atoms with Crippen LogP contribution in [0.1, 0.15) is 23.1 Å². The molecule has 0 atom stereocenters. The van der Waals surface area contributed by atoms with Crippen molar-refractivity contribution in [3.8, 4) is 0 Å². The number of carbonyl (C=O) groups excluding carboxylic acids is 1. The van der Waals surface area contributed by atoms with Crippen LogP contribution < -0.4 is 0 Å². The molecule has 0 aliphatic rings. The minimum Gasteiger partial charge on any atom is -0.345 e. The van der Waals surface area contributed by atoms with Crippen molar-refractivity contribution in [2.75, 3.05) is 21.1 Å². The van der Waals surface area contributed by atoms with Crippen molar-refractivity contribution in [2.45, 2.75) is 24.9 Å². The van der Waals surface area contributed by atoms with Gasteiger partial charge in [-0.2, -0.15) is 4.31 Å². The molecule has 0 fully saturated rings. The van der Waals surface area contributed by atoms with Crippen molar-refractivity contribution in [1.29, 1.82) is 0 Å². The van der Waals surface area contributed by atoms with Gasteiger partial charge in [0.15, 0.2) is 0 Å². The van der Waals surface area contributed by atoms with Crippen LogP contribution in [0, 0.1) is 0 Å². The van der Waals surface area contributed by atoms with Crippen LogP contribution in [0.3, 0.4) is 0 Å². The van der Waals surface area contributed by atoms with Gasteiger partial charge in [-0.1, -0.05) is 18.2 Å². The Morgan fingerprint density at radius 1 is 1.07 bits per heavy atom. The smallest absolute Gasteiger partial charge is 0.253 e. The number of aryl methyl sites for hydroxylation is 1. The lowest BCUT2D eigenvalue weighted by atomic mass is 10.2. The van der Waals surface area contributed by atoms with Gasteiger partial charge in [0.05, 0.1) is 22.5 Å². The number of hydrogen-bond donors (Lipinski definition) is 0. The van der Waals surface area contributed by atoms with E-state index in [0.29, 0.717) is 23.4 Å². The van der Waals surface area contributed by atoms with Gasteiger partial charge < -0.3 is 9.47 Å². The van der Waals surface area contributed by atoms with Crippen LogP contribution >= 0.6 is 0 Å². The Bertz CT molecular complexity index is 1110. The van der Waals surface area contributed by atoms with Crippen LogP contribution in [0.4, 0.5) is 0 Å². The Kier molecular flexibility index (Phi) is 5.53. The molecule has 0 bridgehead atoms. The lowest BCUT2D eigenvalue weighted by Crippen LogP contribution is -2.28. The quantitative estimate of drug-likeness (QED) is 0.637. The van der Waals surface area contributed by atoms with E-state index in [1.807, 2.05) is 17.6 Å². The molecule has 148 valence electrons. The summed E-state index contributed by atoms with van der Waals surface area (Å²) in [6, 6.07) is 13.7. The monoisotopic (exact) mass is 400 g/mol. The van der Waals surface area contributed by atoms with E-state index in [2.05, 4.69) is 4.98 Å². The average Bonchev–Trinajstić information content (AvgIpc) is 3.03. The van der Waals surface area contributed by atoms with Crippen LogP contribution in [0.2, 0.25) is 0 Å². The molecule has 0 unspecified atom stereocenters. The maximum absolute atomic E-state index is 12.8. The molecule has 0 spiro atoms. The van der Waals surface area contributed by atoms with E-state index in [0.717, 1.165) is 5.52 Å². The number of fused-ring (bicyclic) bond motifs is 1. The van der Waals surface area contributed by atoms with Crippen LogP contribution in [-0.2, 0) is 23.1 Å². The van der Waals surface area contributed by atoms with Crippen molar-refractivity contribution in [2.24, 2.45) is 0 Å². The maximum atomic E-state index is 12.8. The average molecular weight is 401 g/mol. The minimum absolute atomic E-state index is 0.0988. The van der Waals surface area contributed by atoms with E-state index >= 15 is 0 Å². The molecule has 0 radical (unpaired) electrons. The van der Waals surface area contributed by atoms with Gasteiger partial charge in [-0.25, -0.2) is 13.4 Å². The molecule has 1 heterocycles. The number of imidazole rings is 1. The number of carbonyl (C=O) groups is 1. The number of benzene rings is 2. The molecule has 0 N–H and O–H groups in total.